The van der Waals surface area contributed by atoms with Gasteiger partial charge in [0.25, 0.3) is 0 Å². The lowest BCUT2D eigenvalue weighted by molar-refractivity contribution is 0.301. The van der Waals surface area contributed by atoms with Gasteiger partial charge < -0.3 is 4.74 Å². The summed E-state index contributed by atoms with van der Waals surface area (Å²) in [4.78, 5) is 0. The van der Waals surface area contributed by atoms with Crippen molar-refractivity contribution < 1.29 is 4.74 Å². The molecule has 1 aromatic carbocycles. The topological polar surface area (TPSA) is 9.23 Å². The Morgan fingerprint density at radius 2 is 2.17 bits per heavy atom. The minimum absolute atomic E-state index is 0.475. The second-order valence-corrected chi connectivity index (χ2v) is 4.00. The van der Waals surface area contributed by atoms with Gasteiger partial charge in [0.1, 0.15) is 5.75 Å². The summed E-state index contributed by atoms with van der Waals surface area (Å²) < 4.78 is 6.78. The molecule has 1 aromatic rings. The molecular weight excluding hydrogens is 216 g/mol. The Morgan fingerprint density at radius 3 is 2.83 bits per heavy atom. The van der Waals surface area contributed by atoms with Gasteiger partial charge in [-0.05, 0) is 47.3 Å². The molecule has 2 rings (SSSR count). The van der Waals surface area contributed by atoms with Crippen LogP contribution < -0.4 is 4.74 Å². The van der Waals surface area contributed by atoms with E-state index in [1.165, 1.54) is 18.4 Å². The van der Waals surface area contributed by atoms with Crippen molar-refractivity contribution in [3.8, 4) is 5.75 Å². The van der Waals surface area contributed by atoms with Gasteiger partial charge in [0, 0.05) is 0 Å². The van der Waals surface area contributed by atoms with E-state index in [9.17, 15) is 0 Å². The van der Waals surface area contributed by atoms with E-state index in [0.29, 0.717) is 6.10 Å². The second kappa shape index (κ2) is 3.09. The van der Waals surface area contributed by atoms with Crippen LogP contribution in [0.1, 0.15) is 18.4 Å². The third-order valence-corrected chi connectivity index (χ3v) is 2.99. The smallest absolute Gasteiger partial charge is 0.134 e. The average Bonchev–Trinajstić information content (AvgIpc) is 2.83. The van der Waals surface area contributed by atoms with Crippen LogP contribution in [0.5, 0.6) is 5.75 Å². The van der Waals surface area contributed by atoms with Crippen LogP contribution in [0.15, 0.2) is 22.7 Å². The summed E-state index contributed by atoms with van der Waals surface area (Å²) in [5.41, 5.74) is 1.23. The molecule has 0 saturated heterocycles. The lowest BCUT2D eigenvalue weighted by Gasteiger charge is -2.07. The Hall–Kier alpha value is -0.500. The van der Waals surface area contributed by atoms with Crippen LogP contribution in [0.2, 0.25) is 0 Å². The van der Waals surface area contributed by atoms with E-state index >= 15 is 0 Å². The van der Waals surface area contributed by atoms with Crippen molar-refractivity contribution in [1.29, 1.82) is 0 Å². The van der Waals surface area contributed by atoms with Crippen molar-refractivity contribution in [2.24, 2.45) is 0 Å². The summed E-state index contributed by atoms with van der Waals surface area (Å²) in [6, 6.07) is 6.11. The summed E-state index contributed by atoms with van der Waals surface area (Å²) >= 11 is 3.51. The molecule has 1 aliphatic rings. The number of hydrogen-bond acceptors (Lipinski definition) is 1. The number of ether oxygens (including phenoxy) is 1. The van der Waals surface area contributed by atoms with Crippen LogP contribution in [0, 0.1) is 6.92 Å². The maximum atomic E-state index is 5.69. The van der Waals surface area contributed by atoms with Crippen molar-refractivity contribution in [1.82, 2.24) is 0 Å². The summed E-state index contributed by atoms with van der Waals surface area (Å²) in [7, 11) is 0. The summed E-state index contributed by atoms with van der Waals surface area (Å²) in [5, 5.41) is 0. The van der Waals surface area contributed by atoms with E-state index in [1.54, 1.807) is 0 Å². The van der Waals surface area contributed by atoms with Crippen LogP contribution in [0.3, 0.4) is 0 Å². The van der Waals surface area contributed by atoms with Gasteiger partial charge in [-0.3, -0.25) is 0 Å². The maximum absolute atomic E-state index is 5.69. The highest BCUT2D eigenvalue weighted by atomic mass is 79.9. The van der Waals surface area contributed by atoms with Crippen LogP contribution in [-0.2, 0) is 0 Å². The normalized spacial score (nSPS) is 16.2. The van der Waals surface area contributed by atoms with Crippen LogP contribution >= 0.6 is 15.9 Å². The van der Waals surface area contributed by atoms with E-state index in [0.717, 1.165) is 10.2 Å². The van der Waals surface area contributed by atoms with Crippen molar-refractivity contribution in [2.45, 2.75) is 25.9 Å². The number of benzene rings is 1. The van der Waals surface area contributed by atoms with E-state index in [-0.39, 0.29) is 0 Å². The molecule has 0 radical (unpaired) electrons. The molecule has 0 spiro atoms. The van der Waals surface area contributed by atoms with Crippen LogP contribution in [-0.4, -0.2) is 6.10 Å². The zero-order chi connectivity index (χ0) is 8.55. The predicted molar refractivity (Wildman–Crippen MR) is 52.5 cm³/mol. The van der Waals surface area contributed by atoms with Gasteiger partial charge in [-0.2, -0.15) is 0 Å². The van der Waals surface area contributed by atoms with Crippen LogP contribution in [0.25, 0.3) is 0 Å². The van der Waals surface area contributed by atoms with E-state index in [1.807, 2.05) is 12.1 Å². The Balaban J connectivity index is 2.23. The first kappa shape index (κ1) is 8.11. The minimum Gasteiger partial charge on any atom is -0.489 e. The fraction of sp³-hybridized carbons (Fsp3) is 0.400. The van der Waals surface area contributed by atoms with E-state index < -0.39 is 0 Å². The molecule has 1 saturated carbocycles. The largest absolute Gasteiger partial charge is 0.489 e. The molecule has 0 unspecified atom stereocenters. The number of halogens is 1. The summed E-state index contributed by atoms with van der Waals surface area (Å²) in [5.74, 6) is 0.984. The molecule has 1 aliphatic carbocycles. The van der Waals surface area contributed by atoms with Gasteiger partial charge in [0.15, 0.2) is 0 Å². The standard InChI is InChI=1S/C10H11BrO/c1-7-3-2-4-9(10(7)11)12-8-5-6-8/h2-4,8H,5-6H2,1H3. The molecule has 1 nitrogen and oxygen atoms in total. The third kappa shape index (κ3) is 1.63. The molecule has 0 heterocycles. The summed E-state index contributed by atoms with van der Waals surface area (Å²) in [6.07, 6.45) is 2.89. The van der Waals surface area contributed by atoms with Gasteiger partial charge in [-0.1, -0.05) is 12.1 Å². The van der Waals surface area contributed by atoms with Crippen molar-refractivity contribution in [3.05, 3.63) is 28.2 Å². The zero-order valence-corrected chi connectivity index (χ0v) is 8.60. The van der Waals surface area contributed by atoms with Gasteiger partial charge in [-0.25, -0.2) is 0 Å². The van der Waals surface area contributed by atoms with Gasteiger partial charge in [0.2, 0.25) is 0 Å². The first-order valence-electron chi connectivity index (χ1n) is 4.19. The fourth-order valence-corrected chi connectivity index (χ4v) is 1.43. The number of aryl methyl sites for hydroxylation is 1. The zero-order valence-electron chi connectivity index (χ0n) is 7.01. The molecule has 0 bridgehead atoms. The third-order valence-electron chi connectivity index (χ3n) is 1.97. The van der Waals surface area contributed by atoms with E-state index in [2.05, 4.69) is 28.9 Å². The molecule has 0 N–H and O–H groups in total. The quantitative estimate of drug-likeness (QED) is 0.753. The van der Waals surface area contributed by atoms with Crippen molar-refractivity contribution >= 4 is 15.9 Å². The Labute approximate surface area is 80.9 Å². The highest BCUT2D eigenvalue weighted by Gasteiger charge is 2.24. The van der Waals surface area contributed by atoms with Crippen molar-refractivity contribution in [3.63, 3.8) is 0 Å². The molecule has 0 aromatic heterocycles. The SMILES string of the molecule is Cc1cccc(OC2CC2)c1Br. The lowest BCUT2D eigenvalue weighted by Crippen LogP contribution is -1.96. The first-order chi connectivity index (χ1) is 5.77. The Morgan fingerprint density at radius 1 is 1.42 bits per heavy atom. The Bertz CT molecular complexity index is 292. The van der Waals surface area contributed by atoms with Crippen molar-refractivity contribution in [2.75, 3.05) is 0 Å². The molecule has 0 atom stereocenters. The molecule has 12 heavy (non-hydrogen) atoms. The molecule has 1 fully saturated rings. The monoisotopic (exact) mass is 226 g/mol. The van der Waals surface area contributed by atoms with Crippen LogP contribution in [0.4, 0.5) is 0 Å². The Kier molecular flexibility index (Phi) is 2.09. The highest BCUT2D eigenvalue weighted by molar-refractivity contribution is 9.10. The lowest BCUT2D eigenvalue weighted by atomic mass is 10.2. The molecule has 0 aliphatic heterocycles. The summed E-state index contributed by atoms with van der Waals surface area (Å²) in [6.45, 7) is 2.07. The molecular formula is C10H11BrO. The second-order valence-electron chi connectivity index (χ2n) is 3.20. The average molecular weight is 227 g/mol. The molecule has 0 amide bonds. The number of hydrogen-bond donors (Lipinski definition) is 0. The first-order valence-corrected chi connectivity index (χ1v) is 4.98. The van der Waals surface area contributed by atoms with E-state index in [4.69, 9.17) is 4.74 Å². The fourth-order valence-electron chi connectivity index (χ4n) is 1.08. The maximum Gasteiger partial charge on any atom is 0.134 e. The van der Waals surface area contributed by atoms with Gasteiger partial charge in [-0.15, -0.1) is 0 Å². The minimum atomic E-state index is 0.475. The molecule has 2 heteroatoms. The highest BCUT2D eigenvalue weighted by Crippen LogP contribution is 2.33. The van der Waals surface area contributed by atoms with Gasteiger partial charge >= 0.3 is 0 Å². The van der Waals surface area contributed by atoms with Gasteiger partial charge in [0.05, 0.1) is 10.6 Å². The number of rotatable bonds is 2. The molecule has 64 valence electrons. The predicted octanol–water partition coefficient (Wildman–Crippen LogP) is 3.30.